The van der Waals surface area contributed by atoms with Crippen molar-refractivity contribution in [2.75, 3.05) is 33.2 Å². The molecule has 0 aliphatic carbocycles. The van der Waals surface area contributed by atoms with Crippen LogP contribution in [0.1, 0.15) is 0 Å². The lowest BCUT2D eigenvalue weighted by molar-refractivity contribution is -0.969. The van der Waals surface area contributed by atoms with Gasteiger partial charge >= 0.3 is 0 Å². The normalized spacial score (nSPS) is 45.0. The summed E-state index contributed by atoms with van der Waals surface area (Å²) in [4.78, 5) is 0. The van der Waals surface area contributed by atoms with Gasteiger partial charge in [-0.1, -0.05) is 0 Å². The quantitative estimate of drug-likeness (QED) is 0.316. The van der Waals surface area contributed by atoms with Crippen molar-refractivity contribution in [2.24, 2.45) is 0 Å². The summed E-state index contributed by atoms with van der Waals surface area (Å²) in [6, 6.07) is 0. The minimum atomic E-state index is -0.230. The largest absolute Gasteiger partial charge is 0.634 e. The summed E-state index contributed by atoms with van der Waals surface area (Å²) in [5, 5.41) is 21.9. The molecule has 0 aromatic rings. The molecular formula is C5H12N2O2. The Kier molecular flexibility index (Phi) is 1.72. The molecule has 1 saturated heterocycles. The number of likely N-dealkylation sites (N-methyl/N-ethyl adjacent to an activating group) is 1. The molecule has 0 radical (unpaired) electrons. The monoisotopic (exact) mass is 132 g/mol. The molecule has 1 heterocycles. The summed E-state index contributed by atoms with van der Waals surface area (Å²) in [7, 11) is 1.62. The predicted molar refractivity (Wildman–Crippen MR) is 33.3 cm³/mol. The molecule has 1 rings (SSSR count). The van der Waals surface area contributed by atoms with Gasteiger partial charge in [0.25, 0.3) is 0 Å². The molecule has 1 N–H and O–H groups in total. The Morgan fingerprint density at radius 2 is 1.78 bits per heavy atom. The van der Waals surface area contributed by atoms with E-state index < -0.39 is 0 Å². The van der Waals surface area contributed by atoms with Crippen LogP contribution in [0.5, 0.6) is 0 Å². The van der Waals surface area contributed by atoms with Gasteiger partial charge in [0, 0.05) is 0 Å². The summed E-state index contributed by atoms with van der Waals surface area (Å²) >= 11 is 0. The maximum absolute atomic E-state index is 11.1. The van der Waals surface area contributed by atoms with Crippen LogP contribution in [-0.4, -0.2) is 37.9 Å². The van der Waals surface area contributed by atoms with Gasteiger partial charge in [-0.3, -0.25) is 0 Å². The first-order valence-corrected chi connectivity index (χ1v) is 3.17. The SMILES string of the molecule is C[N+]1([O-])CC[NH+]([O-])CC1. The average Bonchev–Trinajstić information content (AvgIpc) is 1.78. The maximum Gasteiger partial charge on any atom is 0.128 e. The van der Waals surface area contributed by atoms with Gasteiger partial charge in [-0.2, -0.15) is 0 Å². The fourth-order valence-corrected chi connectivity index (χ4v) is 0.959. The summed E-state index contributed by atoms with van der Waals surface area (Å²) in [5.41, 5.74) is 0. The molecule has 1 aliphatic rings. The molecule has 9 heavy (non-hydrogen) atoms. The molecule has 0 aromatic heterocycles. The average molecular weight is 132 g/mol. The van der Waals surface area contributed by atoms with E-state index in [1.807, 2.05) is 0 Å². The minimum Gasteiger partial charge on any atom is -0.634 e. The summed E-state index contributed by atoms with van der Waals surface area (Å²) in [6.45, 7) is 1.89. The number of hydrogen-bond acceptors (Lipinski definition) is 2. The fraction of sp³-hybridized carbons (Fsp3) is 1.00. The number of quaternary nitrogens is 2. The molecule has 4 nitrogen and oxygen atoms in total. The first-order valence-electron chi connectivity index (χ1n) is 3.17. The van der Waals surface area contributed by atoms with Crippen LogP contribution in [0.4, 0.5) is 0 Å². The standard InChI is InChI=1S/C5H12N2O2/c1-7(9)4-2-6(8)3-5-7/h6H,2-5H2,1H3. The van der Waals surface area contributed by atoms with E-state index in [0.29, 0.717) is 26.2 Å². The maximum atomic E-state index is 11.1. The summed E-state index contributed by atoms with van der Waals surface area (Å²) < 4.78 is -0.230. The number of nitrogens with one attached hydrogen (secondary N) is 1. The van der Waals surface area contributed by atoms with Crippen LogP contribution in [0.2, 0.25) is 0 Å². The second-order valence-electron chi connectivity index (χ2n) is 2.78. The minimum absolute atomic E-state index is 0.230. The molecule has 4 heteroatoms. The Morgan fingerprint density at radius 1 is 1.33 bits per heavy atom. The Morgan fingerprint density at radius 3 is 2.11 bits per heavy atom. The van der Waals surface area contributed by atoms with E-state index >= 15 is 0 Å². The van der Waals surface area contributed by atoms with E-state index in [4.69, 9.17) is 0 Å². The highest BCUT2D eigenvalue weighted by atomic mass is 16.6. The van der Waals surface area contributed by atoms with Crippen molar-refractivity contribution in [3.8, 4) is 0 Å². The second kappa shape index (κ2) is 2.22. The Bertz CT molecular complexity index is 95.1. The third-order valence-electron chi connectivity index (χ3n) is 1.73. The molecule has 54 valence electrons. The smallest absolute Gasteiger partial charge is 0.128 e. The first kappa shape index (κ1) is 6.95. The van der Waals surface area contributed by atoms with Crippen molar-refractivity contribution >= 4 is 0 Å². The van der Waals surface area contributed by atoms with Gasteiger partial charge in [0.05, 0.1) is 7.05 Å². The van der Waals surface area contributed by atoms with Crippen molar-refractivity contribution < 1.29 is 9.71 Å². The van der Waals surface area contributed by atoms with E-state index in [1.54, 1.807) is 7.05 Å². The van der Waals surface area contributed by atoms with Gasteiger partial charge in [0.15, 0.2) is 0 Å². The van der Waals surface area contributed by atoms with Crippen LogP contribution in [-0.2, 0) is 0 Å². The molecule has 0 aromatic carbocycles. The van der Waals surface area contributed by atoms with Crippen molar-refractivity contribution in [2.45, 2.75) is 0 Å². The highest BCUT2D eigenvalue weighted by molar-refractivity contribution is 4.43. The van der Waals surface area contributed by atoms with Crippen molar-refractivity contribution in [1.82, 2.24) is 0 Å². The molecule has 0 atom stereocenters. The molecular weight excluding hydrogens is 120 g/mol. The third kappa shape index (κ3) is 1.91. The molecule has 1 aliphatic heterocycles. The van der Waals surface area contributed by atoms with Crippen molar-refractivity contribution in [1.29, 1.82) is 0 Å². The molecule has 0 saturated carbocycles. The number of rotatable bonds is 0. The van der Waals surface area contributed by atoms with Crippen LogP contribution in [0.3, 0.4) is 0 Å². The van der Waals surface area contributed by atoms with Crippen LogP contribution in [0.15, 0.2) is 0 Å². The number of hydrogen-bond donors (Lipinski definition) is 1. The lowest BCUT2D eigenvalue weighted by Crippen LogP contribution is -3.10. The van der Waals surface area contributed by atoms with Crippen LogP contribution >= 0.6 is 0 Å². The first-order chi connectivity index (χ1) is 4.10. The fourth-order valence-electron chi connectivity index (χ4n) is 0.959. The zero-order valence-corrected chi connectivity index (χ0v) is 5.59. The van der Waals surface area contributed by atoms with Crippen LogP contribution in [0.25, 0.3) is 0 Å². The topological polar surface area (TPSA) is 50.6 Å². The van der Waals surface area contributed by atoms with Crippen LogP contribution < -0.4 is 5.06 Å². The molecule has 0 bridgehead atoms. The highest BCUT2D eigenvalue weighted by Crippen LogP contribution is 1.96. The Hall–Kier alpha value is -0.160. The van der Waals surface area contributed by atoms with E-state index in [1.165, 1.54) is 0 Å². The molecule has 0 unspecified atom stereocenters. The highest BCUT2D eigenvalue weighted by Gasteiger charge is 2.18. The zero-order chi connectivity index (χ0) is 6.91. The lowest BCUT2D eigenvalue weighted by atomic mass is 10.4. The van der Waals surface area contributed by atoms with Gasteiger partial charge in [-0.15, -0.1) is 0 Å². The Labute approximate surface area is 54.4 Å². The second-order valence-corrected chi connectivity index (χ2v) is 2.78. The number of hydroxylamine groups is 5. The van der Waals surface area contributed by atoms with Gasteiger partial charge in [0.2, 0.25) is 0 Å². The summed E-state index contributed by atoms with van der Waals surface area (Å²) in [6.07, 6.45) is 0. The van der Waals surface area contributed by atoms with Crippen molar-refractivity contribution in [3.63, 3.8) is 0 Å². The van der Waals surface area contributed by atoms with Crippen molar-refractivity contribution in [3.05, 3.63) is 10.4 Å². The predicted octanol–water partition coefficient (Wildman–Crippen LogP) is -1.67. The lowest BCUT2D eigenvalue weighted by Gasteiger charge is -2.44. The summed E-state index contributed by atoms with van der Waals surface area (Å²) in [5.74, 6) is 0. The molecule has 1 fully saturated rings. The zero-order valence-electron chi connectivity index (χ0n) is 5.59. The molecule has 0 spiro atoms. The third-order valence-corrected chi connectivity index (χ3v) is 1.73. The van der Waals surface area contributed by atoms with Crippen LogP contribution in [0, 0.1) is 10.4 Å². The number of nitrogens with zero attached hydrogens (tertiary/aromatic N) is 1. The van der Waals surface area contributed by atoms with E-state index in [-0.39, 0.29) is 9.71 Å². The van der Waals surface area contributed by atoms with Gasteiger partial charge in [-0.05, 0) is 0 Å². The van der Waals surface area contributed by atoms with E-state index in [9.17, 15) is 10.4 Å². The number of piperazine rings is 1. The van der Waals surface area contributed by atoms with E-state index in [0.717, 1.165) is 0 Å². The van der Waals surface area contributed by atoms with Gasteiger partial charge in [0.1, 0.15) is 26.2 Å². The van der Waals surface area contributed by atoms with Gasteiger partial charge < -0.3 is 20.1 Å². The van der Waals surface area contributed by atoms with E-state index in [2.05, 4.69) is 0 Å². The molecule has 0 amide bonds. The Balaban J connectivity index is 2.35. The van der Waals surface area contributed by atoms with Gasteiger partial charge in [-0.25, -0.2) is 0 Å².